The first kappa shape index (κ1) is 14.2. The number of likely N-dealkylation sites (N-methyl/N-ethyl adjacent to an activating group) is 1. The van der Waals surface area contributed by atoms with E-state index >= 15 is 0 Å². The molecule has 1 rings (SSSR count). The number of aromatic nitrogens is 2. The van der Waals surface area contributed by atoms with E-state index in [1.165, 1.54) is 5.56 Å². The van der Waals surface area contributed by atoms with Gasteiger partial charge < -0.3 is 10.5 Å². The fraction of sp³-hybridized carbons (Fsp3) is 0.750. The van der Waals surface area contributed by atoms with Crippen molar-refractivity contribution in [2.75, 3.05) is 33.9 Å². The maximum Gasteiger partial charge on any atom is 0.0538 e. The van der Waals surface area contributed by atoms with Gasteiger partial charge in [0.05, 0.1) is 6.20 Å². The summed E-state index contributed by atoms with van der Waals surface area (Å²) in [6.45, 7) is 5.35. The molecule has 1 unspecified atom stereocenters. The van der Waals surface area contributed by atoms with Crippen molar-refractivity contribution in [2.24, 2.45) is 5.73 Å². The zero-order chi connectivity index (χ0) is 12.7. The summed E-state index contributed by atoms with van der Waals surface area (Å²) < 4.78 is 6.99. The number of rotatable bonds is 8. The summed E-state index contributed by atoms with van der Waals surface area (Å²) in [5, 5.41) is 4.29. The molecule has 0 aromatic carbocycles. The van der Waals surface area contributed by atoms with Crippen LogP contribution in [0.4, 0.5) is 0 Å². The van der Waals surface area contributed by atoms with E-state index in [0.717, 1.165) is 26.1 Å². The second-order valence-corrected chi connectivity index (χ2v) is 4.21. The van der Waals surface area contributed by atoms with Crippen LogP contribution in [0.15, 0.2) is 12.4 Å². The first-order valence-electron chi connectivity index (χ1n) is 6.14. The Kier molecular flexibility index (Phi) is 6.18. The Bertz CT molecular complexity index is 313. The van der Waals surface area contributed by atoms with Gasteiger partial charge in [-0.25, -0.2) is 0 Å². The Morgan fingerprint density at radius 2 is 2.35 bits per heavy atom. The van der Waals surface area contributed by atoms with Gasteiger partial charge in [-0.2, -0.15) is 5.10 Å². The largest absolute Gasteiger partial charge is 0.385 e. The summed E-state index contributed by atoms with van der Waals surface area (Å²) >= 11 is 0. The SMILES string of the molecule is CCn1cc(C(CN)N(C)CCCOC)cn1. The van der Waals surface area contributed by atoms with E-state index in [1.54, 1.807) is 7.11 Å². The topological polar surface area (TPSA) is 56.3 Å². The van der Waals surface area contributed by atoms with Gasteiger partial charge in [-0.1, -0.05) is 0 Å². The number of methoxy groups -OCH3 is 1. The van der Waals surface area contributed by atoms with Crippen LogP contribution in [0.25, 0.3) is 0 Å². The minimum Gasteiger partial charge on any atom is -0.385 e. The summed E-state index contributed by atoms with van der Waals surface area (Å²) in [6, 6.07) is 0.243. The van der Waals surface area contributed by atoms with Crippen LogP contribution in [0.1, 0.15) is 24.9 Å². The predicted molar refractivity (Wildman–Crippen MR) is 68.8 cm³/mol. The lowest BCUT2D eigenvalue weighted by Crippen LogP contribution is -2.31. The average Bonchev–Trinajstić information content (AvgIpc) is 2.79. The zero-order valence-electron chi connectivity index (χ0n) is 11.1. The molecule has 0 fully saturated rings. The van der Waals surface area contributed by atoms with Crippen molar-refractivity contribution in [1.29, 1.82) is 0 Å². The van der Waals surface area contributed by atoms with Crippen LogP contribution in [0, 0.1) is 0 Å². The predicted octanol–water partition coefficient (Wildman–Crippen LogP) is 0.871. The lowest BCUT2D eigenvalue weighted by molar-refractivity contribution is 0.166. The van der Waals surface area contributed by atoms with E-state index < -0.39 is 0 Å². The number of nitrogens with two attached hydrogens (primary N) is 1. The zero-order valence-corrected chi connectivity index (χ0v) is 11.1. The monoisotopic (exact) mass is 240 g/mol. The summed E-state index contributed by atoms with van der Waals surface area (Å²) in [4.78, 5) is 2.26. The van der Waals surface area contributed by atoms with Gasteiger partial charge in [-0.3, -0.25) is 9.58 Å². The summed E-state index contributed by atoms with van der Waals surface area (Å²) in [7, 11) is 3.82. The van der Waals surface area contributed by atoms with Crippen LogP contribution < -0.4 is 5.73 Å². The molecular weight excluding hydrogens is 216 g/mol. The third-order valence-electron chi connectivity index (χ3n) is 2.98. The van der Waals surface area contributed by atoms with Crippen molar-refractivity contribution in [1.82, 2.24) is 14.7 Å². The van der Waals surface area contributed by atoms with E-state index in [1.807, 2.05) is 10.9 Å². The highest BCUT2D eigenvalue weighted by molar-refractivity contribution is 5.11. The molecule has 0 spiro atoms. The minimum absolute atomic E-state index is 0.243. The molecule has 0 aliphatic carbocycles. The number of hydrogen-bond donors (Lipinski definition) is 1. The van der Waals surface area contributed by atoms with E-state index in [4.69, 9.17) is 10.5 Å². The Morgan fingerprint density at radius 3 is 2.88 bits per heavy atom. The minimum atomic E-state index is 0.243. The van der Waals surface area contributed by atoms with Crippen molar-refractivity contribution in [3.05, 3.63) is 18.0 Å². The third-order valence-corrected chi connectivity index (χ3v) is 2.98. The first-order chi connectivity index (χ1) is 8.22. The van der Waals surface area contributed by atoms with Crippen molar-refractivity contribution in [3.63, 3.8) is 0 Å². The molecule has 1 atom stereocenters. The number of hydrogen-bond acceptors (Lipinski definition) is 4. The molecule has 0 aliphatic heterocycles. The fourth-order valence-corrected chi connectivity index (χ4v) is 1.91. The number of nitrogens with zero attached hydrogens (tertiary/aromatic N) is 3. The summed E-state index contributed by atoms with van der Waals surface area (Å²) in [5.41, 5.74) is 7.04. The molecular formula is C12H24N4O. The molecule has 0 radical (unpaired) electrons. The summed E-state index contributed by atoms with van der Waals surface area (Å²) in [6.07, 6.45) is 5.00. The smallest absolute Gasteiger partial charge is 0.0538 e. The third kappa shape index (κ3) is 4.11. The van der Waals surface area contributed by atoms with Crippen LogP contribution in [-0.4, -0.2) is 48.5 Å². The molecule has 0 saturated carbocycles. The molecule has 5 nitrogen and oxygen atoms in total. The molecule has 2 N–H and O–H groups in total. The van der Waals surface area contributed by atoms with Gasteiger partial charge in [-0.05, 0) is 20.4 Å². The van der Waals surface area contributed by atoms with Crippen molar-refractivity contribution in [3.8, 4) is 0 Å². The fourth-order valence-electron chi connectivity index (χ4n) is 1.91. The van der Waals surface area contributed by atoms with Gasteiger partial charge in [-0.15, -0.1) is 0 Å². The highest BCUT2D eigenvalue weighted by Crippen LogP contribution is 2.17. The van der Waals surface area contributed by atoms with E-state index in [2.05, 4.69) is 30.2 Å². The quantitative estimate of drug-likeness (QED) is 0.685. The van der Waals surface area contributed by atoms with Gasteiger partial charge in [0.15, 0.2) is 0 Å². The lowest BCUT2D eigenvalue weighted by Gasteiger charge is -2.25. The molecule has 0 amide bonds. The number of ether oxygens (including phenoxy) is 1. The first-order valence-corrected chi connectivity index (χ1v) is 6.14. The summed E-state index contributed by atoms with van der Waals surface area (Å²) in [5.74, 6) is 0. The Labute approximate surface area is 104 Å². The lowest BCUT2D eigenvalue weighted by atomic mass is 10.1. The molecule has 5 heteroatoms. The molecule has 1 aromatic rings. The number of aryl methyl sites for hydroxylation is 1. The van der Waals surface area contributed by atoms with Crippen LogP contribution in [-0.2, 0) is 11.3 Å². The standard InChI is InChI=1S/C12H24N4O/c1-4-16-10-11(9-14-16)12(8-13)15(2)6-5-7-17-3/h9-10,12H,4-8,13H2,1-3H3. The van der Waals surface area contributed by atoms with Crippen LogP contribution in [0.3, 0.4) is 0 Å². The van der Waals surface area contributed by atoms with Crippen LogP contribution in [0.5, 0.6) is 0 Å². The molecule has 98 valence electrons. The Morgan fingerprint density at radius 1 is 1.59 bits per heavy atom. The normalized spacial score (nSPS) is 13.2. The maximum absolute atomic E-state index is 5.85. The van der Waals surface area contributed by atoms with Crippen molar-refractivity contribution in [2.45, 2.75) is 25.9 Å². The van der Waals surface area contributed by atoms with Gasteiger partial charge in [0, 0.05) is 51.2 Å². The molecule has 0 saturated heterocycles. The molecule has 0 bridgehead atoms. The van der Waals surface area contributed by atoms with Gasteiger partial charge >= 0.3 is 0 Å². The van der Waals surface area contributed by atoms with Gasteiger partial charge in [0.25, 0.3) is 0 Å². The van der Waals surface area contributed by atoms with E-state index in [-0.39, 0.29) is 6.04 Å². The Hall–Kier alpha value is -0.910. The highest BCUT2D eigenvalue weighted by atomic mass is 16.5. The van der Waals surface area contributed by atoms with E-state index in [0.29, 0.717) is 6.54 Å². The molecule has 17 heavy (non-hydrogen) atoms. The van der Waals surface area contributed by atoms with Crippen LogP contribution in [0.2, 0.25) is 0 Å². The highest BCUT2D eigenvalue weighted by Gasteiger charge is 2.16. The van der Waals surface area contributed by atoms with E-state index in [9.17, 15) is 0 Å². The molecule has 1 heterocycles. The Balaban J connectivity index is 2.56. The van der Waals surface area contributed by atoms with Crippen molar-refractivity contribution >= 4 is 0 Å². The van der Waals surface area contributed by atoms with Crippen LogP contribution >= 0.6 is 0 Å². The molecule has 0 aliphatic rings. The van der Waals surface area contributed by atoms with Gasteiger partial charge in [0.1, 0.15) is 0 Å². The second-order valence-electron chi connectivity index (χ2n) is 4.21. The second kappa shape index (κ2) is 7.42. The van der Waals surface area contributed by atoms with Crippen molar-refractivity contribution < 1.29 is 4.74 Å². The van der Waals surface area contributed by atoms with Gasteiger partial charge in [0.2, 0.25) is 0 Å². The molecule has 1 aromatic heterocycles. The average molecular weight is 240 g/mol. The maximum atomic E-state index is 5.85.